The molecular weight excluding hydrogens is 404 g/mol. The van der Waals surface area contributed by atoms with Crippen LogP contribution < -0.4 is 20.9 Å². The van der Waals surface area contributed by atoms with Crippen molar-refractivity contribution in [3.8, 4) is 17.2 Å². The molecule has 1 heterocycles. The highest BCUT2D eigenvalue weighted by Gasteiger charge is 2.15. The second-order valence-corrected chi connectivity index (χ2v) is 7.11. The fraction of sp³-hybridized carbons (Fsp3) is 0.273. The van der Waals surface area contributed by atoms with Gasteiger partial charge in [-0.1, -0.05) is 25.4 Å². The van der Waals surface area contributed by atoms with Gasteiger partial charge in [-0.25, -0.2) is 0 Å². The molecule has 3 aromatic rings. The number of nitrogens with zero attached hydrogens (tertiary/aromatic N) is 2. The number of rotatable bonds is 9. The van der Waals surface area contributed by atoms with Crippen LogP contribution in [0.1, 0.15) is 24.2 Å². The second kappa shape index (κ2) is 9.65. The molecule has 0 fully saturated rings. The molecule has 0 bridgehead atoms. The molecule has 0 aliphatic rings. The largest absolute Gasteiger partial charge is 0.491 e. The van der Waals surface area contributed by atoms with Gasteiger partial charge < -0.3 is 25.8 Å². The van der Waals surface area contributed by atoms with Gasteiger partial charge in [0.05, 0.1) is 21.8 Å². The highest BCUT2D eigenvalue weighted by molar-refractivity contribution is 6.33. The number of anilines is 1. The summed E-state index contributed by atoms with van der Waals surface area (Å²) in [4.78, 5) is 18.7. The average Bonchev–Trinajstić information content (AvgIpc) is 2.73. The van der Waals surface area contributed by atoms with E-state index in [1.807, 2.05) is 0 Å². The molecule has 2 aromatic carbocycles. The summed E-state index contributed by atoms with van der Waals surface area (Å²) in [6.45, 7) is 7.22. The molecular formula is C22H25ClN4O3. The van der Waals surface area contributed by atoms with E-state index in [-0.39, 0.29) is 5.56 Å². The molecule has 4 N–H and O–H groups in total. The number of amides is 1. The number of nitrogen functional groups attached to an aromatic ring is 1. The normalized spacial score (nSPS) is 11.1. The fourth-order valence-electron chi connectivity index (χ4n) is 3.07. The second-order valence-electron chi connectivity index (χ2n) is 6.70. The molecule has 0 aliphatic carbocycles. The highest BCUT2D eigenvalue weighted by atomic mass is 35.5. The van der Waals surface area contributed by atoms with Gasteiger partial charge in [0, 0.05) is 30.3 Å². The van der Waals surface area contributed by atoms with Crippen LogP contribution in [0.2, 0.25) is 5.02 Å². The SMILES string of the molecule is CCN(CC)CCOc1cc2nccc(Oc3ccc(N)c(Cl)c3)c2cc1C(N)=O. The third kappa shape index (κ3) is 4.93. The fourth-order valence-corrected chi connectivity index (χ4v) is 3.24. The van der Waals surface area contributed by atoms with Crippen LogP contribution in [-0.4, -0.2) is 42.0 Å². The van der Waals surface area contributed by atoms with Crippen LogP contribution in [0.4, 0.5) is 5.69 Å². The Morgan fingerprint density at radius 1 is 1.13 bits per heavy atom. The Labute approximate surface area is 180 Å². The standard InChI is InChI=1S/C22H25ClN4O3/c1-3-27(4-2)9-10-29-21-13-19-15(12-16(21)22(25)28)20(7-8-26-19)30-14-5-6-18(24)17(23)11-14/h5-8,11-13H,3-4,9-10,24H2,1-2H3,(H2,25,28). The molecule has 0 spiro atoms. The average molecular weight is 429 g/mol. The number of fused-ring (bicyclic) bond motifs is 1. The number of carbonyl (C=O) groups is 1. The molecule has 7 nitrogen and oxygen atoms in total. The van der Waals surface area contributed by atoms with Crippen molar-refractivity contribution in [1.82, 2.24) is 9.88 Å². The summed E-state index contributed by atoms with van der Waals surface area (Å²) in [5.74, 6) is 0.849. The van der Waals surface area contributed by atoms with Crippen LogP contribution in [0.15, 0.2) is 42.6 Å². The van der Waals surface area contributed by atoms with Gasteiger partial charge >= 0.3 is 0 Å². The molecule has 0 atom stereocenters. The van der Waals surface area contributed by atoms with Gasteiger partial charge in [-0.05, 0) is 37.4 Å². The number of nitrogens with two attached hydrogens (primary N) is 2. The number of halogens is 1. The molecule has 158 valence electrons. The topological polar surface area (TPSA) is 104 Å². The van der Waals surface area contributed by atoms with Crippen molar-refractivity contribution in [2.24, 2.45) is 5.73 Å². The maximum Gasteiger partial charge on any atom is 0.252 e. The van der Waals surface area contributed by atoms with Gasteiger partial charge in [-0.3, -0.25) is 9.78 Å². The summed E-state index contributed by atoms with van der Waals surface area (Å²) in [7, 11) is 0. The van der Waals surface area contributed by atoms with Crippen LogP contribution in [0.5, 0.6) is 17.2 Å². The Balaban J connectivity index is 1.93. The Morgan fingerprint density at radius 3 is 2.57 bits per heavy atom. The van der Waals surface area contributed by atoms with Crippen molar-refractivity contribution >= 4 is 34.1 Å². The number of aromatic nitrogens is 1. The minimum atomic E-state index is -0.583. The molecule has 1 aromatic heterocycles. The van der Waals surface area contributed by atoms with Crippen LogP contribution in [0, 0.1) is 0 Å². The number of hydrogen-bond acceptors (Lipinski definition) is 6. The molecule has 0 saturated heterocycles. The predicted octanol–water partition coefficient (Wildman–Crippen LogP) is 4.08. The lowest BCUT2D eigenvalue weighted by atomic mass is 10.1. The van der Waals surface area contributed by atoms with Crippen LogP contribution in [0.25, 0.3) is 10.9 Å². The van der Waals surface area contributed by atoms with Gasteiger partial charge in [0.25, 0.3) is 5.91 Å². The highest BCUT2D eigenvalue weighted by Crippen LogP contribution is 2.34. The summed E-state index contributed by atoms with van der Waals surface area (Å²) < 4.78 is 11.8. The van der Waals surface area contributed by atoms with Crippen LogP contribution in [0.3, 0.4) is 0 Å². The van der Waals surface area contributed by atoms with Crippen molar-refractivity contribution in [3.63, 3.8) is 0 Å². The summed E-state index contributed by atoms with van der Waals surface area (Å²) in [6, 6.07) is 10.1. The van der Waals surface area contributed by atoms with Crippen molar-refractivity contribution in [1.29, 1.82) is 0 Å². The van der Waals surface area contributed by atoms with Crippen molar-refractivity contribution in [2.75, 3.05) is 32.0 Å². The van der Waals surface area contributed by atoms with E-state index in [1.54, 1.807) is 42.6 Å². The monoisotopic (exact) mass is 428 g/mol. The van der Waals surface area contributed by atoms with Gasteiger partial charge in [-0.2, -0.15) is 0 Å². The Morgan fingerprint density at radius 2 is 1.90 bits per heavy atom. The van der Waals surface area contributed by atoms with E-state index in [1.165, 1.54) is 0 Å². The maximum atomic E-state index is 12.1. The molecule has 3 rings (SSSR count). The van der Waals surface area contributed by atoms with Crippen molar-refractivity contribution < 1.29 is 14.3 Å². The number of carbonyl (C=O) groups excluding carboxylic acids is 1. The van der Waals surface area contributed by atoms with Crippen LogP contribution in [-0.2, 0) is 0 Å². The third-order valence-electron chi connectivity index (χ3n) is 4.83. The van der Waals surface area contributed by atoms with Gasteiger partial charge in [0.1, 0.15) is 23.9 Å². The molecule has 0 unspecified atom stereocenters. The van der Waals surface area contributed by atoms with E-state index in [0.717, 1.165) is 19.6 Å². The first-order valence-electron chi connectivity index (χ1n) is 9.73. The smallest absolute Gasteiger partial charge is 0.252 e. The summed E-state index contributed by atoms with van der Waals surface area (Å²) in [5, 5.41) is 1.03. The number of ether oxygens (including phenoxy) is 2. The zero-order valence-electron chi connectivity index (χ0n) is 17.0. The van der Waals surface area contributed by atoms with Crippen molar-refractivity contribution in [3.05, 3.63) is 53.2 Å². The Kier molecular flexibility index (Phi) is 6.97. The summed E-state index contributed by atoms with van der Waals surface area (Å²) in [5.41, 5.74) is 12.7. The van der Waals surface area contributed by atoms with Crippen LogP contribution >= 0.6 is 11.6 Å². The molecule has 8 heteroatoms. The lowest BCUT2D eigenvalue weighted by molar-refractivity contribution is 0.0995. The summed E-state index contributed by atoms with van der Waals surface area (Å²) >= 11 is 6.08. The molecule has 0 aliphatic heterocycles. The first-order chi connectivity index (χ1) is 14.4. The number of benzene rings is 2. The lowest BCUT2D eigenvalue weighted by Crippen LogP contribution is -2.28. The number of pyridine rings is 1. The molecule has 1 amide bonds. The Hall–Kier alpha value is -3.03. The molecule has 0 radical (unpaired) electrons. The zero-order chi connectivity index (χ0) is 21.7. The minimum Gasteiger partial charge on any atom is -0.491 e. The quantitative estimate of drug-likeness (QED) is 0.497. The maximum absolute atomic E-state index is 12.1. The van der Waals surface area contributed by atoms with E-state index in [9.17, 15) is 4.79 Å². The van der Waals surface area contributed by atoms with E-state index in [2.05, 4.69) is 23.7 Å². The van der Waals surface area contributed by atoms with Gasteiger partial charge in [0.2, 0.25) is 0 Å². The van der Waals surface area contributed by atoms with E-state index in [0.29, 0.717) is 45.5 Å². The first kappa shape index (κ1) is 21.7. The first-order valence-corrected chi connectivity index (χ1v) is 10.1. The number of likely N-dealkylation sites (N-methyl/N-ethyl adjacent to an activating group) is 1. The number of hydrogen-bond donors (Lipinski definition) is 2. The van der Waals surface area contributed by atoms with Crippen molar-refractivity contribution in [2.45, 2.75) is 13.8 Å². The van der Waals surface area contributed by atoms with Gasteiger partial charge in [-0.15, -0.1) is 0 Å². The van der Waals surface area contributed by atoms with E-state index in [4.69, 9.17) is 32.5 Å². The Bertz CT molecular complexity index is 1050. The minimum absolute atomic E-state index is 0.273. The van der Waals surface area contributed by atoms with Gasteiger partial charge in [0.15, 0.2) is 0 Å². The van der Waals surface area contributed by atoms with E-state index < -0.39 is 5.91 Å². The number of primary amides is 1. The lowest BCUT2D eigenvalue weighted by Gasteiger charge is -2.19. The summed E-state index contributed by atoms with van der Waals surface area (Å²) in [6.07, 6.45) is 1.63. The molecule has 30 heavy (non-hydrogen) atoms. The predicted molar refractivity (Wildman–Crippen MR) is 119 cm³/mol. The zero-order valence-corrected chi connectivity index (χ0v) is 17.8. The molecule has 0 saturated carbocycles. The van der Waals surface area contributed by atoms with E-state index >= 15 is 0 Å². The third-order valence-corrected chi connectivity index (χ3v) is 5.15.